The SMILES string of the molecule is O=C(Cc1ccccn1)N1CCc2[nH]nc(-c3ccncc3)c2C1. The Morgan fingerprint density at radius 3 is 2.83 bits per heavy atom. The van der Waals surface area contributed by atoms with E-state index in [-0.39, 0.29) is 5.91 Å². The van der Waals surface area contributed by atoms with Gasteiger partial charge in [0, 0.05) is 60.6 Å². The molecule has 4 rings (SSSR count). The van der Waals surface area contributed by atoms with Crippen LogP contribution in [0.25, 0.3) is 11.3 Å². The highest BCUT2D eigenvalue weighted by atomic mass is 16.2. The van der Waals surface area contributed by atoms with Gasteiger partial charge in [-0.05, 0) is 24.3 Å². The van der Waals surface area contributed by atoms with Crippen molar-refractivity contribution in [2.45, 2.75) is 19.4 Å². The van der Waals surface area contributed by atoms with Crippen molar-refractivity contribution in [2.24, 2.45) is 0 Å². The lowest BCUT2D eigenvalue weighted by Crippen LogP contribution is -2.37. The number of nitrogens with one attached hydrogen (secondary N) is 1. The molecule has 0 atom stereocenters. The quantitative estimate of drug-likeness (QED) is 0.801. The van der Waals surface area contributed by atoms with E-state index in [0.717, 1.165) is 34.6 Å². The second-order valence-electron chi connectivity index (χ2n) is 5.83. The molecule has 1 amide bonds. The Labute approximate surface area is 139 Å². The third-order valence-corrected chi connectivity index (χ3v) is 4.30. The highest BCUT2D eigenvalue weighted by Gasteiger charge is 2.25. The van der Waals surface area contributed by atoms with Crippen molar-refractivity contribution in [3.8, 4) is 11.3 Å². The number of aromatic nitrogens is 4. The van der Waals surface area contributed by atoms with Crippen molar-refractivity contribution >= 4 is 5.91 Å². The first-order valence-corrected chi connectivity index (χ1v) is 7.95. The molecule has 0 saturated heterocycles. The Bertz CT molecular complexity index is 844. The van der Waals surface area contributed by atoms with Crippen LogP contribution in [0.5, 0.6) is 0 Å². The number of carbonyl (C=O) groups is 1. The number of amides is 1. The summed E-state index contributed by atoms with van der Waals surface area (Å²) in [6.45, 7) is 1.28. The number of carbonyl (C=O) groups excluding carboxylic acids is 1. The minimum atomic E-state index is 0.0984. The van der Waals surface area contributed by atoms with E-state index < -0.39 is 0 Å². The second kappa shape index (κ2) is 6.23. The first-order valence-electron chi connectivity index (χ1n) is 7.95. The normalized spacial score (nSPS) is 13.6. The molecule has 0 fully saturated rings. The summed E-state index contributed by atoms with van der Waals surface area (Å²) in [4.78, 5) is 22.8. The minimum absolute atomic E-state index is 0.0984. The summed E-state index contributed by atoms with van der Waals surface area (Å²) in [5.74, 6) is 0.0984. The van der Waals surface area contributed by atoms with Crippen molar-refractivity contribution in [3.05, 3.63) is 65.9 Å². The summed E-state index contributed by atoms with van der Waals surface area (Å²) in [7, 11) is 0. The van der Waals surface area contributed by atoms with Gasteiger partial charge < -0.3 is 4.90 Å². The van der Waals surface area contributed by atoms with Crippen LogP contribution in [0.15, 0.2) is 48.9 Å². The molecule has 6 nitrogen and oxygen atoms in total. The molecule has 120 valence electrons. The molecule has 0 bridgehead atoms. The lowest BCUT2D eigenvalue weighted by atomic mass is 10.0. The highest BCUT2D eigenvalue weighted by Crippen LogP contribution is 2.28. The number of rotatable bonds is 3. The fraction of sp³-hybridized carbons (Fsp3) is 0.222. The number of pyridine rings is 2. The largest absolute Gasteiger partial charge is 0.337 e. The maximum Gasteiger partial charge on any atom is 0.228 e. The molecule has 0 saturated carbocycles. The summed E-state index contributed by atoms with van der Waals surface area (Å²) < 4.78 is 0. The van der Waals surface area contributed by atoms with Crippen molar-refractivity contribution in [3.63, 3.8) is 0 Å². The smallest absolute Gasteiger partial charge is 0.228 e. The van der Waals surface area contributed by atoms with Crippen molar-refractivity contribution in [1.29, 1.82) is 0 Å². The zero-order valence-corrected chi connectivity index (χ0v) is 13.1. The Morgan fingerprint density at radius 1 is 1.17 bits per heavy atom. The van der Waals surface area contributed by atoms with E-state index >= 15 is 0 Å². The molecule has 0 unspecified atom stereocenters. The second-order valence-corrected chi connectivity index (χ2v) is 5.83. The van der Waals surface area contributed by atoms with Crippen LogP contribution in [-0.4, -0.2) is 37.5 Å². The highest BCUT2D eigenvalue weighted by molar-refractivity contribution is 5.79. The molecule has 4 heterocycles. The molecule has 0 aromatic carbocycles. The summed E-state index contributed by atoms with van der Waals surface area (Å²) in [5, 5.41) is 7.56. The van der Waals surface area contributed by atoms with E-state index in [1.165, 1.54) is 0 Å². The molecule has 6 heteroatoms. The van der Waals surface area contributed by atoms with Crippen LogP contribution in [0, 0.1) is 0 Å². The third kappa shape index (κ3) is 2.78. The average Bonchev–Trinajstić information content (AvgIpc) is 3.06. The van der Waals surface area contributed by atoms with Gasteiger partial charge >= 0.3 is 0 Å². The van der Waals surface area contributed by atoms with Gasteiger partial charge in [0.25, 0.3) is 0 Å². The van der Waals surface area contributed by atoms with E-state index in [1.807, 2.05) is 35.2 Å². The van der Waals surface area contributed by atoms with Crippen molar-refractivity contribution in [2.75, 3.05) is 6.54 Å². The number of aromatic amines is 1. The van der Waals surface area contributed by atoms with Gasteiger partial charge in [-0.1, -0.05) is 6.07 Å². The summed E-state index contributed by atoms with van der Waals surface area (Å²) in [5.41, 5.74) is 4.93. The van der Waals surface area contributed by atoms with E-state index in [2.05, 4.69) is 20.2 Å². The topological polar surface area (TPSA) is 74.8 Å². The Morgan fingerprint density at radius 2 is 2.04 bits per heavy atom. The standard InChI is InChI=1S/C18H17N5O/c24-17(11-14-3-1-2-7-20-14)23-10-6-16-15(12-23)18(22-21-16)13-4-8-19-9-5-13/h1-5,7-9H,6,10-12H2,(H,21,22). The Balaban J connectivity index is 1.55. The van der Waals surface area contributed by atoms with Crippen LogP contribution >= 0.6 is 0 Å². The molecule has 24 heavy (non-hydrogen) atoms. The summed E-state index contributed by atoms with van der Waals surface area (Å²) in [6.07, 6.45) is 6.35. The molecule has 3 aromatic rings. The fourth-order valence-electron chi connectivity index (χ4n) is 3.03. The van der Waals surface area contributed by atoms with Crippen LogP contribution in [0.2, 0.25) is 0 Å². The molecule has 0 radical (unpaired) electrons. The van der Waals surface area contributed by atoms with Gasteiger partial charge in [0.15, 0.2) is 0 Å². The molecule has 1 aliphatic heterocycles. The van der Waals surface area contributed by atoms with Crippen LogP contribution in [0.1, 0.15) is 17.0 Å². The van der Waals surface area contributed by atoms with Crippen LogP contribution in [0.4, 0.5) is 0 Å². The first kappa shape index (κ1) is 14.6. The number of hydrogen-bond donors (Lipinski definition) is 1. The van der Waals surface area contributed by atoms with Crippen molar-refractivity contribution < 1.29 is 4.79 Å². The van der Waals surface area contributed by atoms with E-state index in [0.29, 0.717) is 19.5 Å². The predicted molar refractivity (Wildman–Crippen MR) is 88.9 cm³/mol. The van der Waals surface area contributed by atoms with E-state index in [4.69, 9.17) is 0 Å². The van der Waals surface area contributed by atoms with Gasteiger partial charge in [-0.25, -0.2) is 0 Å². The van der Waals surface area contributed by atoms with Crippen LogP contribution < -0.4 is 0 Å². The van der Waals surface area contributed by atoms with Gasteiger partial charge in [0.05, 0.1) is 12.1 Å². The molecule has 1 aliphatic rings. The number of fused-ring (bicyclic) bond motifs is 1. The lowest BCUT2D eigenvalue weighted by Gasteiger charge is -2.27. The maximum atomic E-state index is 12.6. The van der Waals surface area contributed by atoms with Gasteiger partial charge in [-0.3, -0.25) is 19.9 Å². The molecule has 0 aliphatic carbocycles. The molecule has 3 aromatic heterocycles. The van der Waals surface area contributed by atoms with E-state index in [1.54, 1.807) is 18.6 Å². The number of hydrogen-bond acceptors (Lipinski definition) is 4. The van der Waals surface area contributed by atoms with Gasteiger partial charge in [0.1, 0.15) is 0 Å². The van der Waals surface area contributed by atoms with Crippen LogP contribution in [0.3, 0.4) is 0 Å². The van der Waals surface area contributed by atoms with Gasteiger partial charge in [-0.2, -0.15) is 5.10 Å². The van der Waals surface area contributed by atoms with Crippen LogP contribution in [-0.2, 0) is 24.2 Å². The monoisotopic (exact) mass is 319 g/mol. The number of nitrogens with zero attached hydrogens (tertiary/aromatic N) is 4. The average molecular weight is 319 g/mol. The van der Waals surface area contributed by atoms with Crippen molar-refractivity contribution in [1.82, 2.24) is 25.1 Å². The Hall–Kier alpha value is -3.02. The molecule has 0 spiro atoms. The zero-order valence-electron chi connectivity index (χ0n) is 13.1. The molecular formula is C18H17N5O. The number of H-pyrrole nitrogens is 1. The summed E-state index contributed by atoms with van der Waals surface area (Å²) in [6, 6.07) is 9.51. The van der Waals surface area contributed by atoms with Gasteiger partial charge in [-0.15, -0.1) is 0 Å². The zero-order chi connectivity index (χ0) is 16.4. The predicted octanol–water partition coefficient (Wildman–Crippen LogP) is 1.99. The maximum absolute atomic E-state index is 12.6. The molecule has 1 N–H and O–H groups in total. The summed E-state index contributed by atoms with van der Waals surface area (Å²) >= 11 is 0. The van der Waals surface area contributed by atoms with Gasteiger partial charge in [0.2, 0.25) is 5.91 Å². The van der Waals surface area contributed by atoms with E-state index in [9.17, 15) is 4.79 Å². The third-order valence-electron chi connectivity index (χ3n) is 4.30. The Kier molecular flexibility index (Phi) is 3.78. The fourth-order valence-corrected chi connectivity index (χ4v) is 3.03. The minimum Gasteiger partial charge on any atom is -0.337 e. The first-order chi connectivity index (χ1) is 11.8. The lowest BCUT2D eigenvalue weighted by molar-refractivity contribution is -0.131. The molecular weight excluding hydrogens is 302 g/mol.